The molecule has 1 unspecified atom stereocenters. The van der Waals surface area contributed by atoms with Gasteiger partial charge in [-0.1, -0.05) is 6.92 Å². The van der Waals surface area contributed by atoms with Crippen LogP contribution in [0.4, 0.5) is 0 Å². The topological polar surface area (TPSA) is 55.4 Å². The van der Waals surface area contributed by atoms with Crippen molar-refractivity contribution in [1.29, 1.82) is 0 Å². The number of rotatable bonds is 8. The van der Waals surface area contributed by atoms with Crippen molar-refractivity contribution in [3.05, 3.63) is 0 Å². The van der Waals surface area contributed by atoms with Crippen molar-refractivity contribution >= 4 is 0 Å². The highest BCUT2D eigenvalue weighted by Crippen LogP contribution is 2.28. The summed E-state index contributed by atoms with van der Waals surface area (Å²) >= 11 is 0. The van der Waals surface area contributed by atoms with Gasteiger partial charge in [0.2, 0.25) is 0 Å². The molecule has 20 heavy (non-hydrogen) atoms. The van der Waals surface area contributed by atoms with Crippen LogP contribution in [0.5, 0.6) is 0 Å². The van der Waals surface area contributed by atoms with Crippen molar-refractivity contribution in [2.75, 3.05) is 35.0 Å². The molecule has 1 heterocycles. The maximum Gasteiger partial charge on any atom is 0.187 e. The molecule has 6 nitrogen and oxygen atoms in total. The first-order valence-electron chi connectivity index (χ1n) is 7.01. The highest BCUT2D eigenvalue weighted by molar-refractivity contribution is 4.92. The highest BCUT2D eigenvalue weighted by Gasteiger charge is 2.47. The van der Waals surface area contributed by atoms with Gasteiger partial charge in [-0.15, -0.1) is 0 Å². The average molecular weight is 292 g/mol. The number of methoxy groups -OCH3 is 4. The van der Waals surface area contributed by atoms with Crippen LogP contribution in [0.15, 0.2) is 0 Å². The van der Waals surface area contributed by atoms with E-state index >= 15 is 0 Å². The maximum atomic E-state index is 5.96. The van der Waals surface area contributed by atoms with Gasteiger partial charge in [0.15, 0.2) is 6.29 Å². The Morgan fingerprint density at radius 1 is 0.950 bits per heavy atom. The predicted octanol–water partition coefficient (Wildman–Crippen LogP) is 1.22. The molecule has 0 N–H and O–H groups in total. The zero-order valence-electron chi connectivity index (χ0n) is 13.3. The molecule has 1 rings (SSSR count). The van der Waals surface area contributed by atoms with E-state index in [4.69, 9.17) is 28.4 Å². The van der Waals surface area contributed by atoms with E-state index in [1.54, 1.807) is 28.4 Å². The normalized spacial score (nSPS) is 36.0. The Bertz CT molecular complexity index is 262. The fourth-order valence-corrected chi connectivity index (χ4v) is 2.41. The van der Waals surface area contributed by atoms with Crippen LogP contribution in [0, 0.1) is 0 Å². The third-order valence-electron chi connectivity index (χ3n) is 3.68. The lowest BCUT2D eigenvalue weighted by atomic mass is 9.98. The lowest BCUT2D eigenvalue weighted by Crippen LogP contribution is -2.61. The lowest BCUT2D eigenvalue weighted by molar-refractivity contribution is -0.321. The highest BCUT2D eigenvalue weighted by atomic mass is 16.7. The van der Waals surface area contributed by atoms with Gasteiger partial charge < -0.3 is 28.4 Å². The SMILES string of the molecule is CCC(C)O[C@H]1O[C@H](COC)[C@H](OC)[C@H](OC)[C@H]1OC. The minimum atomic E-state index is -0.494. The Kier molecular flexibility index (Phi) is 7.94. The fraction of sp³-hybridized carbons (Fsp3) is 1.00. The summed E-state index contributed by atoms with van der Waals surface area (Å²) in [5.74, 6) is 0. The summed E-state index contributed by atoms with van der Waals surface area (Å²) in [5, 5.41) is 0. The Morgan fingerprint density at radius 3 is 2.00 bits per heavy atom. The van der Waals surface area contributed by atoms with Gasteiger partial charge in [-0.3, -0.25) is 0 Å². The molecule has 1 aliphatic heterocycles. The van der Waals surface area contributed by atoms with Crippen molar-refractivity contribution in [3.8, 4) is 0 Å². The summed E-state index contributed by atoms with van der Waals surface area (Å²) in [6, 6.07) is 0. The van der Waals surface area contributed by atoms with Crippen molar-refractivity contribution in [3.63, 3.8) is 0 Å². The molecule has 0 spiro atoms. The largest absolute Gasteiger partial charge is 0.382 e. The van der Waals surface area contributed by atoms with E-state index < -0.39 is 6.29 Å². The molecular weight excluding hydrogens is 264 g/mol. The quantitative estimate of drug-likeness (QED) is 0.670. The Morgan fingerprint density at radius 2 is 1.55 bits per heavy atom. The molecule has 0 amide bonds. The Hall–Kier alpha value is -0.240. The third kappa shape index (κ3) is 4.13. The van der Waals surface area contributed by atoms with Crippen molar-refractivity contribution in [1.82, 2.24) is 0 Å². The number of hydrogen-bond donors (Lipinski definition) is 0. The molecule has 6 heteroatoms. The number of hydrogen-bond acceptors (Lipinski definition) is 6. The van der Waals surface area contributed by atoms with Gasteiger partial charge >= 0.3 is 0 Å². The average Bonchev–Trinajstić information content (AvgIpc) is 2.46. The molecule has 1 saturated heterocycles. The van der Waals surface area contributed by atoms with Crippen LogP contribution >= 0.6 is 0 Å². The molecule has 0 aromatic rings. The summed E-state index contributed by atoms with van der Waals surface area (Å²) in [5.41, 5.74) is 0. The second kappa shape index (κ2) is 8.92. The molecule has 1 aliphatic rings. The minimum Gasteiger partial charge on any atom is -0.382 e. The molecule has 120 valence electrons. The molecule has 0 saturated carbocycles. The van der Waals surface area contributed by atoms with Crippen LogP contribution in [-0.2, 0) is 28.4 Å². The fourth-order valence-electron chi connectivity index (χ4n) is 2.41. The first-order chi connectivity index (χ1) is 9.62. The second-order valence-corrected chi connectivity index (χ2v) is 4.95. The Labute approximate surface area is 121 Å². The monoisotopic (exact) mass is 292 g/mol. The van der Waals surface area contributed by atoms with E-state index in [-0.39, 0.29) is 30.5 Å². The molecule has 6 atom stereocenters. The summed E-state index contributed by atoms with van der Waals surface area (Å²) in [6.07, 6.45) is -0.641. The van der Waals surface area contributed by atoms with E-state index in [2.05, 4.69) is 6.92 Å². The molecule has 0 aliphatic carbocycles. The van der Waals surface area contributed by atoms with E-state index in [1.165, 1.54) is 0 Å². The van der Waals surface area contributed by atoms with Gasteiger partial charge in [0, 0.05) is 28.4 Å². The van der Waals surface area contributed by atoms with E-state index in [0.717, 1.165) is 6.42 Å². The van der Waals surface area contributed by atoms with Crippen LogP contribution < -0.4 is 0 Å². The minimum absolute atomic E-state index is 0.0810. The summed E-state index contributed by atoms with van der Waals surface area (Å²) in [4.78, 5) is 0. The van der Waals surface area contributed by atoms with E-state index in [1.807, 2.05) is 6.92 Å². The van der Waals surface area contributed by atoms with Crippen molar-refractivity contribution in [2.45, 2.75) is 57.1 Å². The molecule has 0 aromatic heterocycles. The van der Waals surface area contributed by atoms with Gasteiger partial charge in [0.25, 0.3) is 0 Å². The van der Waals surface area contributed by atoms with Gasteiger partial charge in [-0.05, 0) is 13.3 Å². The van der Waals surface area contributed by atoms with Gasteiger partial charge in [-0.25, -0.2) is 0 Å². The summed E-state index contributed by atoms with van der Waals surface area (Å²) in [6.45, 7) is 4.48. The van der Waals surface area contributed by atoms with Crippen LogP contribution in [-0.4, -0.2) is 71.9 Å². The summed E-state index contributed by atoms with van der Waals surface area (Å²) in [7, 11) is 6.52. The van der Waals surface area contributed by atoms with Crippen LogP contribution in [0.3, 0.4) is 0 Å². The number of ether oxygens (including phenoxy) is 6. The van der Waals surface area contributed by atoms with Crippen LogP contribution in [0.25, 0.3) is 0 Å². The molecule has 1 fully saturated rings. The van der Waals surface area contributed by atoms with E-state index in [0.29, 0.717) is 6.61 Å². The predicted molar refractivity (Wildman–Crippen MR) is 73.8 cm³/mol. The lowest BCUT2D eigenvalue weighted by Gasteiger charge is -2.45. The zero-order valence-corrected chi connectivity index (χ0v) is 13.3. The molecule has 0 aromatic carbocycles. The Balaban J connectivity index is 2.87. The van der Waals surface area contributed by atoms with Gasteiger partial charge in [0.05, 0.1) is 12.7 Å². The van der Waals surface area contributed by atoms with Crippen LogP contribution in [0.2, 0.25) is 0 Å². The van der Waals surface area contributed by atoms with Gasteiger partial charge in [-0.2, -0.15) is 0 Å². The second-order valence-electron chi connectivity index (χ2n) is 4.95. The van der Waals surface area contributed by atoms with Crippen LogP contribution in [0.1, 0.15) is 20.3 Å². The van der Waals surface area contributed by atoms with Crippen molar-refractivity contribution < 1.29 is 28.4 Å². The molecular formula is C14H28O6. The first-order valence-corrected chi connectivity index (χ1v) is 7.01. The zero-order chi connectivity index (χ0) is 15.1. The maximum absolute atomic E-state index is 5.96. The molecule has 0 radical (unpaired) electrons. The smallest absolute Gasteiger partial charge is 0.187 e. The standard InChI is InChI=1S/C14H28O6/c1-7-9(2)19-14-13(18-6)12(17-5)11(16-4)10(20-14)8-15-3/h9-14H,7-8H2,1-6H3/t9?,10-,11+,12+,13-,14+/m1/s1. The summed E-state index contributed by atoms with van der Waals surface area (Å²) < 4.78 is 33.6. The van der Waals surface area contributed by atoms with Gasteiger partial charge in [0.1, 0.15) is 24.4 Å². The first kappa shape index (κ1) is 17.8. The van der Waals surface area contributed by atoms with E-state index in [9.17, 15) is 0 Å². The van der Waals surface area contributed by atoms with Crippen molar-refractivity contribution in [2.24, 2.45) is 0 Å². The third-order valence-corrected chi connectivity index (χ3v) is 3.68. The molecule has 0 bridgehead atoms.